The van der Waals surface area contributed by atoms with E-state index in [0.29, 0.717) is 36.8 Å². The number of thiazole rings is 1. The van der Waals surface area contributed by atoms with E-state index in [1.54, 1.807) is 37.7 Å². The van der Waals surface area contributed by atoms with Gasteiger partial charge in [-0.05, 0) is 30.3 Å². The van der Waals surface area contributed by atoms with E-state index in [2.05, 4.69) is 20.8 Å². The highest BCUT2D eigenvalue weighted by Crippen LogP contribution is 2.40. The van der Waals surface area contributed by atoms with Crippen molar-refractivity contribution in [3.63, 3.8) is 0 Å². The molecule has 1 saturated heterocycles. The molecule has 1 aliphatic heterocycles. The van der Waals surface area contributed by atoms with Crippen molar-refractivity contribution in [2.24, 2.45) is 0 Å². The van der Waals surface area contributed by atoms with Gasteiger partial charge in [0.25, 0.3) is 5.91 Å². The number of carbonyl (C=O) groups excluding carboxylic acids is 1. The standard InChI is InChI=1S/C20H19BrClN3O3S/c1-27-15-5-6-16(28-2)18-17(15)23-20(29-18)25-9-7-24(8-10-25)19(26)13-11-12(21)3-4-14(13)22/h3-6,11H,7-10H2,1-2H3. The van der Waals surface area contributed by atoms with Crippen LogP contribution in [0.2, 0.25) is 5.02 Å². The molecular weight excluding hydrogens is 478 g/mol. The molecule has 0 saturated carbocycles. The Balaban J connectivity index is 1.52. The molecule has 2 aromatic carbocycles. The molecule has 0 bridgehead atoms. The van der Waals surface area contributed by atoms with E-state index in [-0.39, 0.29) is 5.91 Å². The predicted octanol–water partition coefficient (Wildman–Crippen LogP) is 4.69. The second-order valence-corrected chi connectivity index (χ2v) is 8.85. The van der Waals surface area contributed by atoms with E-state index in [1.165, 1.54) is 0 Å². The average molecular weight is 497 g/mol. The number of carbonyl (C=O) groups is 1. The number of amides is 1. The van der Waals surface area contributed by atoms with Gasteiger partial charge in [-0.25, -0.2) is 4.98 Å². The fraction of sp³-hybridized carbons (Fsp3) is 0.300. The molecule has 0 atom stereocenters. The van der Waals surface area contributed by atoms with Gasteiger partial charge < -0.3 is 19.3 Å². The summed E-state index contributed by atoms with van der Waals surface area (Å²) in [4.78, 5) is 21.7. The second kappa shape index (κ2) is 8.38. The number of methoxy groups -OCH3 is 2. The largest absolute Gasteiger partial charge is 0.495 e. The van der Waals surface area contributed by atoms with Crippen LogP contribution in [0, 0.1) is 0 Å². The van der Waals surface area contributed by atoms with Crippen molar-refractivity contribution < 1.29 is 14.3 Å². The third-order valence-electron chi connectivity index (χ3n) is 4.90. The van der Waals surface area contributed by atoms with Gasteiger partial charge >= 0.3 is 0 Å². The zero-order chi connectivity index (χ0) is 20.5. The fourth-order valence-electron chi connectivity index (χ4n) is 3.34. The number of halogens is 2. The Kier molecular flexibility index (Phi) is 5.85. The number of aromatic nitrogens is 1. The van der Waals surface area contributed by atoms with Gasteiger partial charge in [0, 0.05) is 30.7 Å². The molecule has 0 radical (unpaired) electrons. The maximum atomic E-state index is 12.9. The highest BCUT2D eigenvalue weighted by Gasteiger charge is 2.26. The number of nitrogens with zero attached hydrogens (tertiary/aromatic N) is 3. The molecule has 3 aromatic rings. The summed E-state index contributed by atoms with van der Waals surface area (Å²) in [6.07, 6.45) is 0. The first-order chi connectivity index (χ1) is 14.0. The van der Waals surface area contributed by atoms with Crippen LogP contribution in [0.4, 0.5) is 5.13 Å². The van der Waals surface area contributed by atoms with Gasteiger partial charge in [0.1, 0.15) is 21.7 Å². The van der Waals surface area contributed by atoms with Crippen LogP contribution in [-0.4, -0.2) is 56.2 Å². The lowest BCUT2D eigenvalue weighted by Crippen LogP contribution is -2.48. The number of benzene rings is 2. The predicted molar refractivity (Wildman–Crippen MR) is 120 cm³/mol. The summed E-state index contributed by atoms with van der Waals surface area (Å²) in [5, 5.41) is 1.36. The van der Waals surface area contributed by atoms with Gasteiger partial charge in [0.15, 0.2) is 5.13 Å². The van der Waals surface area contributed by atoms with E-state index in [0.717, 1.165) is 31.3 Å². The summed E-state index contributed by atoms with van der Waals surface area (Å²) >= 11 is 11.2. The molecule has 29 heavy (non-hydrogen) atoms. The number of hydrogen-bond donors (Lipinski definition) is 0. The molecule has 152 valence electrons. The zero-order valence-corrected chi connectivity index (χ0v) is 19.1. The summed E-state index contributed by atoms with van der Waals surface area (Å²) in [5.41, 5.74) is 1.32. The molecule has 6 nitrogen and oxygen atoms in total. The summed E-state index contributed by atoms with van der Waals surface area (Å²) < 4.78 is 12.7. The van der Waals surface area contributed by atoms with Crippen LogP contribution in [-0.2, 0) is 0 Å². The number of piperazine rings is 1. The van der Waals surface area contributed by atoms with Crippen molar-refractivity contribution in [3.8, 4) is 11.5 Å². The van der Waals surface area contributed by atoms with Crippen molar-refractivity contribution in [1.29, 1.82) is 0 Å². The van der Waals surface area contributed by atoms with E-state index >= 15 is 0 Å². The molecule has 1 amide bonds. The monoisotopic (exact) mass is 495 g/mol. The van der Waals surface area contributed by atoms with Crippen LogP contribution in [0.5, 0.6) is 11.5 Å². The minimum absolute atomic E-state index is 0.0522. The number of ether oxygens (including phenoxy) is 2. The molecule has 0 unspecified atom stereocenters. The van der Waals surface area contributed by atoms with Crippen LogP contribution >= 0.6 is 38.9 Å². The fourth-order valence-corrected chi connectivity index (χ4v) is 5.03. The minimum atomic E-state index is -0.0522. The van der Waals surface area contributed by atoms with Crippen LogP contribution in [0.3, 0.4) is 0 Å². The van der Waals surface area contributed by atoms with Crippen molar-refractivity contribution in [1.82, 2.24) is 9.88 Å². The first-order valence-electron chi connectivity index (χ1n) is 9.02. The topological polar surface area (TPSA) is 54.9 Å². The number of rotatable bonds is 4. The molecule has 9 heteroatoms. The zero-order valence-electron chi connectivity index (χ0n) is 15.9. The van der Waals surface area contributed by atoms with Crippen molar-refractivity contribution in [2.45, 2.75) is 0 Å². The average Bonchev–Trinajstić information content (AvgIpc) is 3.20. The molecule has 0 spiro atoms. The Morgan fingerprint density at radius 1 is 1.10 bits per heavy atom. The Morgan fingerprint density at radius 2 is 1.79 bits per heavy atom. The van der Waals surface area contributed by atoms with Crippen LogP contribution in [0.1, 0.15) is 10.4 Å². The first kappa shape index (κ1) is 20.3. The molecular formula is C20H19BrClN3O3S. The summed E-state index contributed by atoms with van der Waals surface area (Å²) in [5.74, 6) is 1.45. The Morgan fingerprint density at radius 3 is 2.48 bits per heavy atom. The Bertz CT molecular complexity index is 1030. The SMILES string of the molecule is COc1ccc(OC)c2sc(N3CCN(C(=O)c4cc(Br)ccc4Cl)CC3)nc12. The van der Waals surface area contributed by atoms with E-state index in [1.807, 2.05) is 23.1 Å². The third-order valence-corrected chi connectivity index (χ3v) is 6.85. The quantitative estimate of drug-likeness (QED) is 0.524. The normalized spacial score (nSPS) is 14.3. The molecule has 1 fully saturated rings. The molecule has 0 N–H and O–H groups in total. The van der Waals surface area contributed by atoms with Crippen molar-refractivity contribution >= 4 is 60.1 Å². The molecule has 4 rings (SSSR count). The lowest BCUT2D eigenvalue weighted by Gasteiger charge is -2.34. The van der Waals surface area contributed by atoms with Crippen LogP contribution in [0.25, 0.3) is 10.2 Å². The first-order valence-corrected chi connectivity index (χ1v) is 11.0. The van der Waals surface area contributed by atoms with Gasteiger partial charge in [-0.3, -0.25) is 4.79 Å². The second-order valence-electron chi connectivity index (χ2n) is 6.55. The molecule has 1 aliphatic rings. The Labute approximate surface area is 186 Å². The number of fused-ring (bicyclic) bond motifs is 1. The third kappa shape index (κ3) is 3.89. The van der Waals surface area contributed by atoms with E-state index in [9.17, 15) is 4.79 Å². The van der Waals surface area contributed by atoms with Crippen molar-refractivity contribution in [2.75, 3.05) is 45.3 Å². The number of anilines is 1. The molecule has 1 aromatic heterocycles. The minimum Gasteiger partial charge on any atom is -0.495 e. The van der Waals surface area contributed by atoms with Gasteiger partial charge in [0.05, 0.1) is 24.8 Å². The summed E-state index contributed by atoms with van der Waals surface area (Å²) in [7, 11) is 3.29. The molecule has 2 heterocycles. The maximum absolute atomic E-state index is 12.9. The van der Waals surface area contributed by atoms with E-state index < -0.39 is 0 Å². The smallest absolute Gasteiger partial charge is 0.255 e. The van der Waals surface area contributed by atoms with E-state index in [4.69, 9.17) is 26.1 Å². The van der Waals surface area contributed by atoms with Crippen LogP contribution in [0.15, 0.2) is 34.8 Å². The maximum Gasteiger partial charge on any atom is 0.255 e. The van der Waals surface area contributed by atoms with Gasteiger partial charge in [-0.1, -0.05) is 38.9 Å². The van der Waals surface area contributed by atoms with Crippen LogP contribution < -0.4 is 14.4 Å². The highest BCUT2D eigenvalue weighted by atomic mass is 79.9. The lowest BCUT2D eigenvalue weighted by molar-refractivity contribution is 0.0747. The number of hydrogen-bond acceptors (Lipinski definition) is 6. The van der Waals surface area contributed by atoms with Gasteiger partial charge in [0.2, 0.25) is 0 Å². The summed E-state index contributed by atoms with van der Waals surface area (Å²) in [6.45, 7) is 2.60. The lowest BCUT2D eigenvalue weighted by atomic mass is 10.2. The molecule has 0 aliphatic carbocycles. The summed E-state index contributed by atoms with van der Waals surface area (Å²) in [6, 6.07) is 9.08. The Hall–Kier alpha value is -2.03. The van der Waals surface area contributed by atoms with Gasteiger partial charge in [-0.2, -0.15) is 0 Å². The van der Waals surface area contributed by atoms with Gasteiger partial charge in [-0.15, -0.1) is 0 Å². The highest BCUT2D eigenvalue weighted by molar-refractivity contribution is 9.10. The van der Waals surface area contributed by atoms with Crippen molar-refractivity contribution in [3.05, 3.63) is 45.4 Å².